The van der Waals surface area contributed by atoms with Gasteiger partial charge in [0.05, 0.1) is 6.04 Å². The van der Waals surface area contributed by atoms with Gasteiger partial charge in [0.15, 0.2) is 11.7 Å². The van der Waals surface area contributed by atoms with Crippen LogP contribution in [0.25, 0.3) is 0 Å². The fourth-order valence-electron chi connectivity index (χ4n) is 3.04. The van der Waals surface area contributed by atoms with Crippen molar-refractivity contribution >= 4 is 39.3 Å². The highest BCUT2D eigenvalue weighted by Gasteiger charge is 2.47. The first-order chi connectivity index (χ1) is 13.1. The lowest BCUT2D eigenvalue weighted by Crippen LogP contribution is -2.36. The van der Waals surface area contributed by atoms with Crippen LogP contribution in [0.15, 0.2) is 28.7 Å². The lowest BCUT2D eigenvalue weighted by molar-refractivity contribution is -0.173. The van der Waals surface area contributed by atoms with E-state index in [9.17, 15) is 18.0 Å². The summed E-state index contributed by atoms with van der Waals surface area (Å²) in [7, 11) is 0. The minimum atomic E-state index is -4.54. The smallest absolute Gasteiger partial charge is 0.362 e. The van der Waals surface area contributed by atoms with Gasteiger partial charge in [-0.15, -0.1) is 0 Å². The Morgan fingerprint density at radius 1 is 1.43 bits per heavy atom. The van der Waals surface area contributed by atoms with Crippen molar-refractivity contribution in [2.24, 2.45) is 0 Å². The number of nitrogens with zero attached hydrogens (tertiary/aromatic N) is 2. The predicted molar refractivity (Wildman–Crippen MR) is 105 cm³/mol. The van der Waals surface area contributed by atoms with E-state index in [1.54, 1.807) is 31.2 Å². The number of hydrogen-bond acceptors (Lipinski definition) is 3. The van der Waals surface area contributed by atoms with Gasteiger partial charge in [0.2, 0.25) is 0 Å². The molecule has 2 aromatic rings. The molecule has 10 heteroatoms. The zero-order valence-electron chi connectivity index (χ0n) is 15.1. The Hall–Kier alpha value is -1.74. The number of alkyl halides is 3. The number of fused-ring (bicyclic) bond motifs is 1. The van der Waals surface area contributed by atoms with Gasteiger partial charge in [-0.2, -0.15) is 18.3 Å². The second-order valence-electron chi connectivity index (χ2n) is 6.78. The van der Waals surface area contributed by atoms with E-state index in [2.05, 4.69) is 31.7 Å². The van der Waals surface area contributed by atoms with Crippen molar-refractivity contribution in [3.8, 4) is 0 Å². The number of anilines is 1. The largest absolute Gasteiger partial charge is 0.410 e. The van der Waals surface area contributed by atoms with Crippen LogP contribution in [-0.2, 0) is 0 Å². The zero-order valence-corrected chi connectivity index (χ0v) is 17.5. The first kappa shape index (κ1) is 21.0. The topological polar surface area (TPSA) is 59.0 Å². The van der Waals surface area contributed by atoms with Crippen molar-refractivity contribution in [3.05, 3.63) is 45.0 Å². The normalized spacial score (nSPS) is 20.2. The second kappa shape index (κ2) is 7.94. The summed E-state index contributed by atoms with van der Waals surface area (Å²) < 4.78 is 42.8. The molecule has 5 nitrogen and oxygen atoms in total. The quantitative estimate of drug-likeness (QED) is 0.610. The molecule has 0 saturated heterocycles. The third kappa shape index (κ3) is 4.15. The summed E-state index contributed by atoms with van der Waals surface area (Å²) in [5, 5.41) is 9.50. The number of aromatic nitrogens is 2. The summed E-state index contributed by atoms with van der Waals surface area (Å²) in [4.78, 5) is 12.4. The number of rotatable bonds is 4. The number of nitrogens with one attached hydrogen (secondary N) is 2. The predicted octanol–water partition coefficient (Wildman–Crippen LogP) is 5.49. The molecule has 1 aliphatic heterocycles. The van der Waals surface area contributed by atoms with Crippen LogP contribution in [0.1, 0.15) is 54.8 Å². The number of hydrogen-bond donors (Lipinski definition) is 2. The Morgan fingerprint density at radius 2 is 2.07 bits per heavy atom. The van der Waals surface area contributed by atoms with E-state index < -0.39 is 24.2 Å². The van der Waals surface area contributed by atoms with Crippen molar-refractivity contribution in [1.29, 1.82) is 0 Å². The molecule has 0 aliphatic carbocycles. The van der Waals surface area contributed by atoms with Gasteiger partial charge in [-0.05, 0) is 31.0 Å². The molecular weight excluding hydrogens is 461 g/mol. The highest BCUT2D eigenvalue weighted by molar-refractivity contribution is 9.10. The van der Waals surface area contributed by atoms with Crippen LogP contribution >= 0.6 is 27.5 Å². The average Bonchev–Trinajstić information content (AvgIpc) is 2.97. The first-order valence-electron chi connectivity index (χ1n) is 8.79. The molecule has 0 unspecified atom stereocenters. The molecule has 2 heterocycles. The maximum Gasteiger partial charge on any atom is 0.410 e. The maximum atomic E-state index is 13.7. The van der Waals surface area contributed by atoms with Crippen LogP contribution in [0.3, 0.4) is 0 Å². The molecular formula is C18H19BrClF3N4O. The molecule has 0 saturated carbocycles. The highest BCUT2D eigenvalue weighted by atomic mass is 79.9. The van der Waals surface area contributed by atoms with E-state index in [0.29, 0.717) is 12.0 Å². The molecule has 28 heavy (non-hydrogen) atoms. The Labute approximate surface area is 173 Å². The minimum Gasteiger partial charge on any atom is -0.362 e. The minimum absolute atomic E-state index is 0.00235. The summed E-state index contributed by atoms with van der Waals surface area (Å²) >= 11 is 9.59. The van der Waals surface area contributed by atoms with Crippen LogP contribution in [0.2, 0.25) is 5.02 Å². The highest BCUT2D eigenvalue weighted by Crippen LogP contribution is 2.46. The lowest BCUT2D eigenvalue weighted by Gasteiger charge is -2.33. The van der Waals surface area contributed by atoms with Crippen LogP contribution in [-0.4, -0.2) is 27.9 Å². The van der Waals surface area contributed by atoms with E-state index in [0.717, 1.165) is 9.15 Å². The van der Waals surface area contributed by atoms with Gasteiger partial charge in [0.25, 0.3) is 5.91 Å². The van der Waals surface area contributed by atoms with Crippen molar-refractivity contribution in [2.75, 3.05) is 5.32 Å². The van der Waals surface area contributed by atoms with Crippen molar-refractivity contribution in [3.63, 3.8) is 0 Å². The Bertz CT molecular complexity index is 869. The number of carbonyl (C=O) groups excluding carboxylic acids is 1. The molecule has 3 rings (SSSR count). The summed E-state index contributed by atoms with van der Waals surface area (Å²) in [6, 6.07) is 4.35. The summed E-state index contributed by atoms with van der Waals surface area (Å²) in [5.74, 6) is -0.596. The average molecular weight is 480 g/mol. The van der Waals surface area contributed by atoms with Gasteiger partial charge in [0.1, 0.15) is 10.8 Å². The van der Waals surface area contributed by atoms with Gasteiger partial charge >= 0.3 is 6.18 Å². The van der Waals surface area contributed by atoms with E-state index >= 15 is 0 Å². The molecule has 2 N–H and O–H groups in total. The summed E-state index contributed by atoms with van der Waals surface area (Å²) in [6.07, 6.45) is -4.13. The third-order valence-corrected chi connectivity index (χ3v) is 5.66. The number of amides is 1. The molecule has 0 radical (unpaired) electrons. The SMILES string of the molecule is CC[C@@H](C)NC(=O)c1nn2c(c1Cl)N[C@@H](c1ccc(Br)cc1)C[C@@H]2C(F)(F)F. The van der Waals surface area contributed by atoms with E-state index in [-0.39, 0.29) is 29.0 Å². The fourth-order valence-corrected chi connectivity index (χ4v) is 3.57. The van der Waals surface area contributed by atoms with Crippen LogP contribution in [0.4, 0.5) is 19.0 Å². The maximum absolute atomic E-state index is 13.7. The zero-order chi connectivity index (χ0) is 20.6. The van der Waals surface area contributed by atoms with Crippen LogP contribution in [0, 0.1) is 0 Å². The molecule has 1 aliphatic rings. The van der Waals surface area contributed by atoms with Gasteiger partial charge in [-0.3, -0.25) is 4.79 Å². The molecule has 152 valence electrons. The van der Waals surface area contributed by atoms with Crippen molar-refractivity contribution in [1.82, 2.24) is 15.1 Å². The van der Waals surface area contributed by atoms with Gasteiger partial charge in [0, 0.05) is 16.9 Å². The van der Waals surface area contributed by atoms with Crippen LogP contribution in [0.5, 0.6) is 0 Å². The molecule has 3 atom stereocenters. The summed E-state index contributed by atoms with van der Waals surface area (Å²) in [6.45, 7) is 3.68. The van der Waals surface area contributed by atoms with Crippen molar-refractivity contribution < 1.29 is 18.0 Å². The standard InChI is InChI=1S/C18H19BrClF3N4O/c1-3-9(2)24-17(28)15-14(20)16-25-12(10-4-6-11(19)7-5-10)8-13(18(21,22)23)27(16)26-15/h4-7,9,12-13,25H,3,8H2,1-2H3,(H,24,28)/t9-,12-,13-/m1/s1. The van der Waals surface area contributed by atoms with Gasteiger partial charge in [-0.1, -0.05) is 46.6 Å². The Balaban J connectivity index is 2.00. The molecule has 0 spiro atoms. The second-order valence-corrected chi connectivity index (χ2v) is 8.07. The Kier molecular flexibility index (Phi) is 5.95. The molecule has 0 fully saturated rings. The van der Waals surface area contributed by atoms with Gasteiger partial charge < -0.3 is 10.6 Å². The van der Waals surface area contributed by atoms with Crippen LogP contribution < -0.4 is 10.6 Å². The summed E-state index contributed by atoms with van der Waals surface area (Å²) in [5.41, 5.74) is 0.474. The van der Waals surface area contributed by atoms with E-state index in [1.165, 1.54) is 0 Å². The van der Waals surface area contributed by atoms with Crippen molar-refractivity contribution in [2.45, 2.75) is 51.0 Å². The van der Waals surface area contributed by atoms with E-state index in [1.807, 2.05) is 6.92 Å². The number of benzene rings is 1. The number of halogens is 5. The molecule has 1 amide bonds. The van der Waals surface area contributed by atoms with E-state index in [4.69, 9.17) is 11.6 Å². The molecule has 1 aromatic carbocycles. The lowest BCUT2D eigenvalue weighted by atomic mass is 9.97. The van der Waals surface area contributed by atoms with Gasteiger partial charge in [-0.25, -0.2) is 4.68 Å². The molecule has 0 bridgehead atoms. The molecule has 1 aromatic heterocycles. The third-order valence-electron chi connectivity index (χ3n) is 4.77. The number of carbonyl (C=O) groups is 1. The monoisotopic (exact) mass is 478 g/mol. The fraction of sp³-hybridized carbons (Fsp3) is 0.444. The first-order valence-corrected chi connectivity index (χ1v) is 9.96. The Morgan fingerprint density at radius 3 is 2.64 bits per heavy atom.